The number of nitrogens with zero attached hydrogens (tertiary/aromatic N) is 3. The zero-order valence-electron chi connectivity index (χ0n) is 14.7. The Labute approximate surface area is 156 Å². The summed E-state index contributed by atoms with van der Waals surface area (Å²) < 4.78 is 7.80. The number of nitrogens with one attached hydrogen (secondary N) is 1. The fourth-order valence-electron chi connectivity index (χ4n) is 2.28. The van der Waals surface area contributed by atoms with Crippen LogP contribution in [0.25, 0.3) is 0 Å². The molecule has 0 aliphatic heterocycles. The number of thioether (sulfide) groups is 1. The number of ether oxygens (including phenoxy) is 1. The van der Waals surface area contributed by atoms with E-state index in [4.69, 9.17) is 4.74 Å². The van der Waals surface area contributed by atoms with E-state index in [-0.39, 0.29) is 11.7 Å². The number of carbonyl (C=O) groups is 1. The Kier molecular flexibility index (Phi) is 5.91. The lowest BCUT2D eigenvalue weighted by atomic mass is 10.2. The zero-order chi connectivity index (χ0) is 18.4. The Hall–Kier alpha value is -2.80. The molecule has 0 aliphatic rings. The van der Waals surface area contributed by atoms with Crippen molar-refractivity contribution in [3.8, 4) is 11.5 Å². The van der Waals surface area contributed by atoms with E-state index in [2.05, 4.69) is 15.5 Å². The number of hydrogen-bond donors (Lipinski definition) is 1. The highest BCUT2D eigenvalue weighted by Gasteiger charge is 2.11. The van der Waals surface area contributed by atoms with Crippen LogP contribution in [0.4, 0.5) is 5.69 Å². The molecule has 6 nitrogen and oxygen atoms in total. The van der Waals surface area contributed by atoms with Gasteiger partial charge in [0, 0.05) is 6.54 Å². The third-order valence-electron chi connectivity index (χ3n) is 3.66. The van der Waals surface area contributed by atoms with E-state index in [9.17, 15) is 4.79 Å². The van der Waals surface area contributed by atoms with Gasteiger partial charge in [-0.25, -0.2) is 0 Å². The molecule has 0 radical (unpaired) electrons. The minimum absolute atomic E-state index is 0.124. The van der Waals surface area contributed by atoms with Crippen molar-refractivity contribution in [1.29, 1.82) is 0 Å². The average molecular weight is 368 g/mol. The van der Waals surface area contributed by atoms with E-state index in [1.807, 2.05) is 66.9 Å². The first-order chi connectivity index (χ1) is 12.7. The molecule has 0 saturated heterocycles. The molecular weight excluding hydrogens is 348 g/mol. The van der Waals surface area contributed by atoms with E-state index in [1.54, 1.807) is 6.33 Å². The van der Waals surface area contributed by atoms with Gasteiger partial charge in [0.05, 0.1) is 11.4 Å². The third-order valence-corrected chi connectivity index (χ3v) is 4.64. The molecule has 7 heteroatoms. The number of amides is 1. The monoisotopic (exact) mass is 368 g/mol. The van der Waals surface area contributed by atoms with Gasteiger partial charge in [-0.1, -0.05) is 41.6 Å². The molecule has 0 atom stereocenters. The summed E-state index contributed by atoms with van der Waals surface area (Å²) in [5, 5.41) is 11.5. The summed E-state index contributed by atoms with van der Waals surface area (Å²) in [5.74, 6) is 1.45. The van der Waals surface area contributed by atoms with Crippen LogP contribution in [0.2, 0.25) is 0 Å². The SMILES string of the molecule is CCn1cnnc1SCC(=O)Nc1ccccc1Oc1ccc(C)cc1. The van der Waals surface area contributed by atoms with Crippen molar-refractivity contribution >= 4 is 23.4 Å². The fourth-order valence-corrected chi connectivity index (χ4v) is 3.06. The average Bonchev–Trinajstić information content (AvgIpc) is 3.11. The standard InChI is InChI=1S/C19H20N4O2S/c1-3-23-13-20-22-19(23)26-12-18(24)21-16-6-4-5-7-17(16)25-15-10-8-14(2)9-11-15/h4-11,13H,3,12H2,1-2H3,(H,21,24). The molecule has 134 valence electrons. The van der Waals surface area contributed by atoms with Crippen LogP contribution in [0.5, 0.6) is 11.5 Å². The van der Waals surface area contributed by atoms with Crippen LogP contribution in [-0.4, -0.2) is 26.4 Å². The molecule has 1 N–H and O–H groups in total. The lowest BCUT2D eigenvalue weighted by Crippen LogP contribution is -2.15. The van der Waals surface area contributed by atoms with Crippen LogP contribution in [0.1, 0.15) is 12.5 Å². The lowest BCUT2D eigenvalue weighted by molar-refractivity contribution is -0.113. The lowest BCUT2D eigenvalue weighted by Gasteiger charge is -2.12. The second-order valence-corrected chi connectivity index (χ2v) is 6.59. The van der Waals surface area contributed by atoms with E-state index in [0.29, 0.717) is 11.4 Å². The highest BCUT2D eigenvalue weighted by molar-refractivity contribution is 7.99. The Morgan fingerprint density at radius 3 is 2.73 bits per heavy atom. The number of benzene rings is 2. The maximum absolute atomic E-state index is 12.3. The predicted octanol–water partition coefficient (Wildman–Crippen LogP) is 4.13. The number of aromatic nitrogens is 3. The van der Waals surface area contributed by atoms with E-state index >= 15 is 0 Å². The van der Waals surface area contributed by atoms with Gasteiger partial charge in [0.25, 0.3) is 0 Å². The summed E-state index contributed by atoms with van der Waals surface area (Å²) in [6, 6.07) is 15.2. The predicted molar refractivity (Wildman–Crippen MR) is 103 cm³/mol. The van der Waals surface area contributed by atoms with Crippen LogP contribution in [0, 0.1) is 6.92 Å². The van der Waals surface area contributed by atoms with Crippen molar-refractivity contribution in [3.05, 3.63) is 60.4 Å². The Balaban J connectivity index is 1.64. The maximum Gasteiger partial charge on any atom is 0.234 e. The Morgan fingerprint density at radius 2 is 1.96 bits per heavy atom. The van der Waals surface area contributed by atoms with Crippen molar-refractivity contribution in [2.24, 2.45) is 0 Å². The second-order valence-electron chi connectivity index (χ2n) is 5.65. The molecule has 0 bridgehead atoms. The molecule has 3 rings (SSSR count). The van der Waals surface area contributed by atoms with Gasteiger partial charge >= 0.3 is 0 Å². The smallest absolute Gasteiger partial charge is 0.234 e. The van der Waals surface area contributed by atoms with Gasteiger partial charge in [0.15, 0.2) is 10.9 Å². The summed E-state index contributed by atoms with van der Waals surface area (Å²) in [6.07, 6.45) is 1.66. The van der Waals surface area contributed by atoms with Gasteiger partial charge in [-0.2, -0.15) is 0 Å². The third kappa shape index (κ3) is 4.64. The van der Waals surface area contributed by atoms with Crippen LogP contribution >= 0.6 is 11.8 Å². The molecule has 0 aliphatic carbocycles. The quantitative estimate of drug-likeness (QED) is 0.635. The minimum Gasteiger partial charge on any atom is -0.455 e. The maximum atomic E-state index is 12.3. The van der Waals surface area contributed by atoms with Gasteiger partial charge in [0.2, 0.25) is 5.91 Å². The Bertz CT molecular complexity index is 877. The molecule has 1 heterocycles. The molecule has 2 aromatic carbocycles. The molecule has 1 amide bonds. The van der Waals surface area contributed by atoms with Crippen molar-refractivity contribution < 1.29 is 9.53 Å². The summed E-state index contributed by atoms with van der Waals surface area (Å²) in [7, 11) is 0. The molecule has 0 fully saturated rings. The topological polar surface area (TPSA) is 69.0 Å². The van der Waals surface area contributed by atoms with Gasteiger partial charge < -0.3 is 14.6 Å². The zero-order valence-corrected chi connectivity index (χ0v) is 15.5. The number of para-hydroxylation sites is 2. The van der Waals surface area contributed by atoms with Crippen molar-refractivity contribution in [3.63, 3.8) is 0 Å². The summed E-state index contributed by atoms with van der Waals surface area (Å²) in [4.78, 5) is 12.3. The molecular formula is C19H20N4O2S. The van der Waals surface area contributed by atoms with Crippen LogP contribution in [0.3, 0.4) is 0 Å². The van der Waals surface area contributed by atoms with Crippen molar-refractivity contribution in [1.82, 2.24) is 14.8 Å². The van der Waals surface area contributed by atoms with Crippen molar-refractivity contribution in [2.45, 2.75) is 25.5 Å². The first-order valence-electron chi connectivity index (χ1n) is 8.29. The van der Waals surface area contributed by atoms with E-state index < -0.39 is 0 Å². The molecule has 26 heavy (non-hydrogen) atoms. The van der Waals surface area contributed by atoms with Gasteiger partial charge in [-0.15, -0.1) is 10.2 Å². The fraction of sp³-hybridized carbons (Fsp3) is 0.211. The van der Waals surface area contributed by atoms with Gasteiger partial charge in [-0.05, 0) is 38.1 Å². The second kappa shape index (κ2) is 8.53. The number of aryl methyl sites for hydroxylation is 2. The summed E-state index contributed by atoms with van der Waals surface area (Å²) >= 11 is 1.35. The molecule has 3 aromatic rings. The van der Waals surface area contributed by atoms with E-state index in [0.717, 1.165) is 23.0 Å². The van der Waals surface area contributed by atoms with Crippen molar-refractivity contribution in [2.75, 3.05) is 11.1 Å². The summed E-state index contributed by atoms with van der Waals surface area (Å²) in [6.45, 7) is 4.80. The largest absolute Gasteiger partial charge is 0.455 e. The molecule has 0 unspecified atom stereocenters. The number of rotatable bonds is 7. The first-order valence-corrected chi connectivity index (χ1v) is 9.28. The van der Waals surface area contributed by atoms with E-state index in [1.165, 1.54) is 11.8 Å². The number of anilines is 1. The van der Waals surface area contributed by atoms with Gasteiger partial charge in [0.1, 0.15) is 12.1 Å². The highest BCUT2D eigenvalue weighted by Crippen LogP contribution is 2.29. The van der Waals surface area contributed by atoms with Crippen LogP contribution in [0.15, 0.2) is 60.0 Å². The van der Waals surface area contributed by atoms with Crippen LogP contribution < -0.4 is 10.1 Å². The highest BCUT2D eigenvalue weighted by atomic mass is 32.2. The molecule has 0 saturated carbocycles. The first kappa shape index (κ1) is 18.0. The normalized spacial score (nSPS) is 10.5. The number of carbonyl (C=O) groups excluding carboxylic acids is 1. The number of hydrogen-bond acceptors (Lipinski definition) is 5. The Morgan fingerprint density at radius 1 is 1.19 bits per heavy atom. The van der Waals surface area contributed by atoms with Crippen LogP contribution in [-0.2, 0) is 11.3 Å². The van der Waals surface area contributed by atoms with Gasteiger partial charge in [-0.3, -0.25) is 4.79 Å². The minimum atomic E-state index is -0.124. The summed E-state index contributed by atoms with van der Waals surface area (Å²) in [5.41, 5.74) is 1.80. The molecule has 0 spiro atoms. The molecule has 1 aromatic heterocycles.